The van der Waals surface area contributed by atoms with Crippen molar-refractivity contribution in [3.05, 3.63) is 23.2 Å². The monoisotopic (exact) mass is 299 g/mol. The maximum absolute atomic E-state index is 12.0. The summed E-state index contributed by atoms with van der Waals surface area (Å²) in [6, 6.07) is 4.82. The average Bonchev–Trinajstić information content (AvgIpc) is 2.91. The minimum Gasteiger partial charge on any atom is -0.495 e. The van der Waals surface area contributed by atoms with Crippen LogP contribution in [-0.2, 0) is 14.3 Å². The van der Waals surface area contributed by atoms with Gasteiger partial charge in [0.2, 0.25) is 0 Å². The molecule has 1 aromatic rings. The Kier molecular flexibility index (Phi) is 4.46. The molecule has 2 unspecified atom stereocenters. The molecule has 0 spiro atoms. The zero-order chi connectivity index (χ0) is 14.7. The lowest BCUT2D eigenvalue weighted by atomic mass is 10.2. The fourth-order valence-corrected chi connectivity index (χ4v) is 2.17. The standard InChI is InChI=1S/C13H14ClNO5/c1-19-11-6-7(2-3-8(11)14)15-12(16)9-4-5-10(20-9)13(17)18/h2-3,6,9-10H,4-5H2,1H3,(H,15,16)(H,17,18). The van der Waals surface area contributed by atoms with Crippen LogP contribution in [0.15, 0.2) is 18.2 Å². The Bertz CT molecular complexity index is 533. The third-order valence-electron chi connectivity index (χ3n) is 3.01. The van der Waals surface area contributed by atoms with Crippen LogP contribution in [0.2, 0.25) is 5.02 Å². The number of anilines is 1. The van der Waals surface area contributed by atoms with Crippen molar-refractivity contribution in [1.82, 2.24) is 0 Å². The van der Waals surface area contributed by atoms with E-state index in [1.165, 1.54) is 7.11 Å². The molecule has 2 N–H and O–H groups in total. The summed E-state index contributed by atoms with van der Waals surface area (Å²) in [5.74, 6) is -0.980. The van der Waals surface area contributed by atoms with Crippen LogP contribution in [0, 0.1) is 0 Å². The molecule has 0 saturated carbocycles. The number of rotatable bonds is 4. The maximum atomic E-state index is 12.0. The molecule has 1 aliphatic rings. The molecule has 2 rings (SSSR count). The molecule has 1 amide bonds. The van der Waals surface area contributed by atoms with E-state index in [1.54, 1.807) is 18.2 Å². The first-order valence-electron chi connectivity index (χ1n) is 6.04. The van der Waals surface area contributed by atoms with Crippen molar-refractivity contribution in [2.24, 2.45) is 0 Å². The summed E-state index contributed by atoms with van der Waals surface area (Å²) in [4.78, 5) is 22.7. The number of ether oxygens (including phenoxy) is 2. The quantitative estimate of drug-likeness (QED) is 0.887. The second-order valence-corrected chi connectivity index (χ2v) is 4.77. The zero-order valence-electron chi connectivity index (χ0n) is 10.8. The predicted molar refractivity (Wildman–Crippen MR) is 72.2 cm³/mol. The summed E-state index contributed by atoms with van der Waals surface area (Å²) in [5.41, 5.74) is 0.513. The molecule has 1 aromatic carbocycles. The first-order chi connectivity index (χ1) is 9.51. The van der Waals surface area contributed by atoms with Gasteiger partial charge < -0.3 is 19.9 Å². The lowest BCUT2D eigenvalue weighted by Crippen LogP contribution is -2.29. The third-order valence-corrected chi connectivity index (χ3v) is 3.32. The highest BCUT2D eigenvalue weighted by Crippen LogP contribution is 2.28. The molecule has 20 heavy (non-hydrogen) atoms. The number of carboxylic acid groups (broad SMARTS) is 1. The fraction of sp³-hybridized carbons (Fsp3) is 0.385. The minimum atomic E-state index is -1.05. The molecular formula is C13H14ClNO5. The van der Waals surface area contributed by atoms with Gasteiger partial charge in [-0.15, -0.1) is 0 Å². The number of aliphatic carboxylic acids is 1. The smallest absolute Gasteiger partial charge is 0.332 e. The Labute approximate surface area is 120 Å². The van der Waals surface area contributed by atoms with Crippen molar-refractivity contribution < 1.29 is 24.2 Å². The Morgan fingerprint density at radius 2 is 2.10 bits per heavy atom. The first kappa shape index (κ1) is 14.6. The summed E-state index contributed by atoms with van der Waals surface area (Å²) < 4.78 is 10.2. The van der Waals surface area contributed by atoms with E-state index in [4.69, 9.17) is 26.2 Å². The van der Waals surface area contributed by atoms with E-state index in [-0.39, 0.29) is 5.91 Å². The molecule has 1 fully saturated rings. The van der Waals surface area contributed by atoms with Crippen molar-refractivity contribution in [3.8, 4) is 5.75 Å². The Morgan fingerprint density at radius 1 is 1.40 bits per heavy atom. The fourth-order valence-electron chi connectivity index (χ4n) is 1.97. The van der Waals surface area contributed by atoms with E-state index in [2.05, 4.69) is 5.32 Å². The second-order valence-electron chi connectivity index (χ2n) is 4.37. The summed E-state index contributed by atoms with van der Waals surface area (Å²) in [6.07, 6.45) is -0.950. The van der Waals surface area contributed by atoms with Crippen LogP contribution in [0.4, 0.5) is 5.69 Å². The lowest BCUT2D eigenvalue weighted by Gasteiger charge is -2.12. The highest BCUT2D eigenvalue weighted by atomic mass is 35.5. The van der Waals surface area contributed by atoms with Crippen molar-refractivity contribution in [1.29, 1.82) is 0 Å². The van der Waals surface area contributed by atoms with Crippen LogP contribution in [0.25, 0.3) is 0 Å². The van der Waals surface area contributed by atoms with Crippen LogP contribution in [0.3, 0.4) is 0 Å². The molecular weight excluding hydrogens is 286 g/mol. The number of carbonyl (C=O) groups is 2. The summed E-state index contributed by atoms with van der Waals surface area (Å²) in [6.45, 7) is 0. The van der Waals surface area contributed by atoms with Gasteiger partial charge in [0.1, 0.15) is 11.9 Å². The molecule has 1 aliphatic heterocycles. The molecule has 1 saturated heterocycles. The van der Waals surface area contributed by atoms with E-state index in [0.29, 0.717) is 29.3 Å². The highest BCUT2D eigenvalue weighted by molar-refractivity contribution is 6.32. The van der Waals surface area contributed by atoms with Crippen molar-refractivity contribution in [2.75, 3.05) is 12.4 Å². The molecule has 0 radical (unpaired) electrons. The van der Waals surface area contributed by atoms with Gasteiger partial charge in [0.05, 0.1) is 12.1 Å². The lowest BCUT2D eigenvalue weighted by molar-refractivity contribution is -0.150. The molecule has 7 heteroatoms. The van der Waals surface area contributed by atoms with Gasteiger partial charge in [-0.05, 0) is 25.0 Å². The molecule has 0 bridgehead atoms. The SMILES string of the molecule is COc1cc(NC(=O)C2CCC(C(=O)O)O2)ccc1Cl. The number of halogens is 1. The molecule has 108 valence electrons. The first-order valence-corrected chi connectivity index (χ1v) is 6.41. The Hall–Kier alpha value is -1.79. The number of carboxylic acids is 1. The van der Waals surface area contributed by atoms with E-state index >= 15 is 0 Å². The van der Waals surface area contributed by atoms with Gasteiger partial charge in [0.25, 0.3) is 5.91 Å². The number of nitrogens with one attached hydrogen (secondary N) is 1. The molecule has 0 aliphatic carbocycles. The predicted octanol–water partition coefficient (Wildman–Crippen LogP) is 1.92. The normalized spacial score (nSPS) is 21.5. The number of hydrogen-bond acceptors (Lipinski definition) is 4. The minimum absolute atomic E-state index is 0.331. The largest absolute Gasteiger partial charge is 0.495 e. The Morgan fingerprint density at radius 3 is 2.70 bits per heavy atom. The second kappa shape index (κ2) is 6.11. The zero-order valence-corrected chi connectivity index (χ0v) is 11.5. The van der Waals surface area contributed by atoms with Crippen molar-refractivity contribution in [2.45, 2.75) is 25.0 Å². The summed E-state index contributed by atoms with van der Waals surface area (Å²) in [7, 11) is 1.48. The number of benzene rings is 1. The van der Waals surface area contributed by atoms with Gasteiger partial charge in [0, 0.05) is 11.8 Å². The molecule has 0 aromatic heterocycles. The highest BCUT2D eigenvalue weighted by Gasteiger charge is 2.34. The van der Waals surface area contributed by atoms with Crippen LogP contribution >= 0.6 is 11.6 Å². The van der Waals surface area contributed by atoms with Crippen LogP contribution in [0.5, 0.6) is 5.75 Å². The number of hydrogen-bond donors (Lipinski definition) is 2. The molecule has 2 atom stereocenters. The van der Waals surface area contributed by atoms with Gasteiger partial charge in [-0.25, -0.2) is 4.79 Å². The van der Waals surface area contributed by atoms with Gasteiger partial charge in [-0.2, -0.15) is 0 Å². The van der Waals surface area contributed by atoms with E-state index in [0.717, 1.165) is 0 Å². The van der Waals surface area contributed by atoms with Crippen LogP contribution in [-0.4, -0.2) is 36.3 Å². The molecule has 1 heterocycles. The van der Waals surface area contributed by atoms with Gasteiger partial charge in [-0.3, -0.25) is 4.79 Å². The number of methoxy groups -OCH3 is 1. The Balaban J connectivity index is 2.00. The van der Waals surface area contributed by atoms with Gasteiger partial charge in [0.15, 0.2) is 6.10 Å². The number of amides is 1. The van der Waals surface area contributed by atoms with E-state index < -0.39 is 18.2 Å². The average molecular weight is 300 g/mol. The maximum Gasteiger partial charge on any atom is 0.332 e. The number of carbonyl (C=O) groups excluding carboxylic acids is 1. The van der Waals surface area contributed by atoms with Crippen molar-refractivity contribution >= 4 is 29.2 Å². The summed E-state index contributed by atoms with van der Waals surface area (Å²) >= 11 is 5.89. The van der Waals surface area contributed by atoms with Crippen LogP contribution < -0.4 is 10.1 Å². The van der Waals surface area contributed by atoms with Crippen LogP contribution in [0.1, 0.15) is 12.8 Å². The summed E-state index contributed by atoms with van der Waals surface area (Å²) in [5, 5.41) is 11.9. The van der Waals surface area contributed by atoms with E-state index in [9.17, 15) is 9.59 Å². The van der Waals surface area contributed by atoms with Gasteiger partial charge >= 0.3 is 5.97 Å². The van der Waals surface area contributed by atoms with Gasteiger partial charge in [-0.1, -0.05) is 11.6 Å². The molecule has 6 nitrogen and oxygen atoms in total. The van der Waals surface area contributed by atoms with E-state index in [1.807, 2.05) is 0 Å². The van der Waals surface area contributed by atoms with Crippen molar-refractivity contribution in [3.63, 3.8) is 0 Å². The topological polar surface area (TPSA) is 84.9 Å². The third kappa shape index (κ3) is 3.20.